The SMILES string of the molecule is Cc1ncc(CO)c(C=NC(C)Cc2c[nH]c3ccccc23)c1O. The van der Waals surface area contributed by atoms with E-state index >= 15 is 0 Å². The van der Waals surface area contributed by atoms with Crippen LogP contribution in [0.25, 0.3) is 10.9 Å². The molecule has 1 unspecified atom stereocenters. The molecule has 0 fully saturated rings. The highest BCUT2D eigenvalue weighted by molar-refractivity contribution is 5.86. The molecule has 0 aliphatic heterocycles. The number of aliphatic hydroxyl groups is 1. The molecule has 0 saturated heterocycles. The van der Waals surface area contributed by atoms with E-state index in [2.05, 4.69) is 27.1 Å². The molecule has 0 amide bonds. The molecule has 0 bridgehead atoms. The number of hydrogen-bond donors (Lipinski definition) is 3. The summed E-state index contributed by atoms with van der Waals surface area (Å²) in [6.07, 6.45) is 6.01. The van der Waals surface area contributed by atoms with Crippen molar-refractivity contribution < 1.29 is 10.2 Å². The lowest BCUT2D eigenvalue weighted by Crippen LogP contribution is -2.05. The molecule has 2 heterocycles. The standard InChI is InChI=1S/C19H21N3O2/c1-12(7-14-8-22-18-6-4-3-5-16(14)18)20-10-17-15(11-23)9-21-13(2)19(17)24/h3-6,8-10,12,22-24H,7,11H2,1-2H3. The lowest BCUT2D eigenvalue weighted by molar-refractivity contribution is 0.280. The summed E-state index contributed by atoms with van der Waals surface area (Å²) in [4.78, 5) is 11.9. The van der Waals surface area contributed by atoms with E-state index in [9.17, 15) is 10.2 Å². The Morgan fingerprint density at radius 2 is 2.08 bits per heavy atom. The van der Waals surface area contributed by atoms with Crippen molar-refractivity contribution in [1.82, 2.24) is 9.97 Å². The van der Waals surface area contributed by atoms with E-state index in [4.69, 9.17) is 0 Å². The summed E-state index contributed by atoms with van der Waals surface area (Å²) in [5.74, 6) is 0.0737. The van der Waals surface area contributed by atoms with Crippen LogP contribution in [0.3, 0.4) is 0 Å². The van der Waals surface area contributed by atoms with E-state index in [1.807, 2.05) is 25.3 Å². The summed E-state index contributed by atoms with van der Waals surface area (Å²) >= 11 is 0. The first-order valence-corrected chi connectivity index (χ1v) is 7.96. The van der Waals surface area contributed by atoms with Gasteiger partial charge in [-0.15, -0.1) is 0 Å². The van der Waals surface area contributed by atoms with Gasteiger partial charge in [0, 0.05) is 40.6 Å². The molecule has 3 rings (SSSR count). The first-order valence-electron chi connectivity index (χ1n) is 7.96. The Morgan fingerprint density at radius 3 is 2.88 bits per heavy atom. The molecule has 124 valence electrons. The number of aromatic amines is 1. The normalized spacial score (nSPS) is 13.0. The minimum absolute atomic E-state index is 0.0450. The summed E-state index contributed by atoms with van der Waals surface area (Å²) in [5, 5.41) is 20.8. The van der Waals surface area contributed by atoms with Crippen LogP contribution in [0.2, 0.25) is 0 Å². The largest absolute Gasteiger partial charge is 0.505 e. The fraction of sp³-hybridized carbons (Fsp3) is 0.263. The van der Waals surface area contributed by atoms with Crippen molar-refractivity contribution >= 4 is 17.1 Å². The predicted octanol–water partition coefficient (Wildman–Crippen LogP) is 3.12. The topological polar surface area (TPSA) is 81.5 Å². The summed E-state index contributed by atoms with van der Waals surface area (Å²) in [6.45, 7) is 3.57. The Hall–Kier alpha value is -2.66. The molecule has 3 aromatic rings. The number of aromatic nitrogens is 2. The number of para-hydroxylation sites is 1. The molecular formula is C19H21N3O2. The van der Waals surface area contributed by atoms with Gasteiger partial charge in [-0.05, 0) is 31.9 Å². The minimum atomic E-state index is -0.182. The second-order valence-corrected chi connectivity index (χ2v) is 5.98. The first kappa shape index (κ1) is 16.2. The van der Waals surface area contributed by atoms with Gasteiger partial charge in [0.25, 0.3) is 0 Å². The van der Waals surface area contributed by atoms with Gasteiger partial charge in [-0.1, -0.05) is 18.2 Å². The maximum Gasteiger partial charge on any atom is 0.145 e. The van der Waals surface area contributed by atoms with E-state index in [0.717, 1.165) is 11.9 Å². The van der Waals surface area contributed by atoms with Crippen molar-refractivity contribution in [3.05, 3.63) is 59.0 Å². The Kier molecular flexibility index (Phi) is 4.62. The number of aromatic hydroxyl groups is 1. The van der Waals surface area contributed by atoms with Crippen LogP contribution in [0.5, 0.6) is 5.75 Å². The Labute approximate surface area is 140 Å². The van der Waals surface area contributed by atoms with Crippen LogP contribution in [-0.4, -0.2) is 32.4 Å². The van der Waals surface area contributed by atoms with Gasteiger partial charge in [0.1, 0.15) is 5.75 Å². The molecule has 5 nitrogen and oxygen atoms in total. The third-order valence-corrected chi connectivity index (χ3v) is 4.18. The molecule has 0 saturated carbocycles. The second kappa shape index (κ2) is 6.84. The number of H-pyrrole nitrogens is 1. The molecule has 24 heavy (non-hydrogen) atoms. The average molecular weight is 323 g/mol. The summed E-state index contributed by atoms with van der Waals surface area (Å²) in [6, 6.07) is 8.23. The fourth-order valence-electron chi connectivity index (χ4n) is 2.80. The number of aliphatic imine (C=N–C) groups is 1. The molecular weight excluding hydrogens is 302 g/mol. The third-order valence-electron chi connectivity index (χ3n) is 4.18. The van der Waals surface area contributed by atoms with Gasteiger partial charge in [-0.25, -0.2) is 0 Å². The monoisotopic (exact) mass is 323 g/mol. The van der Waals surface area contributed by atoms with Crippen LogP contribution in [0.1, 0.15) is 29.3 Å². The van der Waals surface area contributed by atoms with Crippen molar-refractivity contribution in [3.8, 4) is 5.75 Å². The molecule has 0 aliphatic carbocycles. The van der Waals surface area contributed by atoms with E-state index in [0.29, 0.717) is 16.8 Å². The number of nitrogens with one attached hydrogen (secondary N) is 1. The van der Waals surface area contributed by atoms with Crippen molar-refractivity contribution in [2.24, 2.45) is 4.99 Å². The van der Waals surface area contributed by atoms with Crippen LogP contribution in [0.15, 0.2) is 41.7 Å². The molecule has 1 atom stereocenters. The number of rotatable bonds is 5. The van der Waals surface area contributed by atoms with E-state index in [1.54, 1.807) is 19.3 Å². The molecule has 0 spiro atoms. The lowest BCUT2D eigenvalue weighted by Gasteiger charge is -2.09. The predicted molar refractivity (Wildman–Crippen MR) is 95.6 cm³/mol. The summed E-state index contributed by atoms with van der Waals surface area (Å²) in [7, 11) is 0. The molecule has 2 aromatic heterocycles. The maximum atomic E-state index is 10.2. The van der Waals surface area contributed by atoms with Gasteiger partial charge in [-0.3, -0.25) is 9.98 Å². The highest BCUT2D eigenvalue weighted by Crippen LogP contribution is 2.23. The van der Waals surface area contributed by atoms with Crippen LogP contribution in [0.4, 0.5) is 0 Å². The van der Waals surface area contributed by atoms with Crippen molar-refractivity contribution in [1.29, 1.82) is 0 Å². The number of benzene rings is 1. The van der Waals surface area contributed by atoms with Gasteiger partial charge in [0.2, 0.25) is 0 Å². The highest BCUT2D eigenvalue weighted by Gasteiger charge is 2.11. The fourth-order valence-corrected chi connectivity index (χ4v) is 2.80. The van der Waals surface area contributed by atoms with Gasteiger partial charge in [-0.2, -0.15) is 0 Å². The number of hydrogen-bond acceptors (Lipinski definition) is 4. The zero-order valence-corrected chi connectivity index (χ0v) is 13.8. The molecule has 5 heteroatoms. The van der Waals surface area contributed by atoms with E-state index in [1.165, 1.54) is 10.9 Å². The van der Waals surface area contributed by atoms with Crippen LogP contribution in [-0.2, 0) is 13.0 Å². The smallest absolute Gasteiger partial charge is 0.145 e. The molecule has 0 radical (unpaired) electrons. The van der Waals surface area contributed by atoms with Crippen molar-refractivity contribution in [3.63, 3.8) is 0 Å². The highest BCUT2D eigenvalue weighted by atomic mass is 16.3. The van der Waals surface area contributed by atoms with Crippen LogP contribution >= 0.6 is 0 Å². The van der Waals surface area contributed by atoms with Gasteiger partial charge in [0.15, 0.2) is 0 Å². The Bertz CT molecular complexity index is 883. The van der Waals surface area contributed by atoms with Gasteiger partial charge in [0.05, 0.1) is 18.3 Å². The number of nitrogens with zero attached hydrogens (tertiary/aromatic N) is 2. The van der Waals surface area contributed by atoms with Crippen LogP contribution < -0.4 is 0 Å². The van der Waals surface area contributed by atoms with Crippen molar-refractivity contribution in [2.75, 3.05) is 0 Å². The van der Waals surface area contributed by atoms with E-state index in [-0.39, 0.29) is 18.4 Å². The van der Waals surface area contributed by atoms with Gasteiger partial charge < -0.3 is 15.2 Å². The quantitative estimate of drug-likeness (QED) is 0.631. The van der Waals surface area contributed by atoms with E-state index < -0.39 is 0 Å². The number of aryl methyl sites for hydroxylation is 1. The van der Waals surface area contributed by atoms with Gasteiger partial charge >= 0.3 is 0 Å². The lowest BCUT2D eigenvalue weighted by atomic mass is 10.1. The summed E-state index contributed by atoms with van der Waals surface area (Å²) < 4.78 is 0. The first-order chi connectivity index (χ1) is 11.6. The zero-order chi connectivity index (χ0) is 17.1. The van der Waals surface area contributed by atoms with Crippen molar-refractivity contribution in [2.45, 2.75) is 32.9 Å². The number of aliphatic hydroxyl groups excluding tert-OH is 1. The maximum absolute atomic E-state index is 10.2. The third kappa shape index (κ3) is 3.16. The molecule has 1 aromatic carbocycles. The number of pyridine rings is 1. The van der Waals surface area contributed by atoms with Crippen LogP contribution in [0, 0.1) is 6.92 Å². The molecule has 3 N–H and O–H groups in total. The second-order valence-electron chi connectivity index (χ2n) is 5.98. The summed E-state index contributed by atoms with van der Waals surface area (Å²) in [5.41, 5.74) is 3.97. The number of fused-ring (bicyclic) bond motifs is 1. The zero-order valence-electron chi connectivity index (χ0n) is 13.8. The minimum Gasteiger partial charge on any atom is -0.505 e. The average Bonchev–Trinajstić information content (AvgIpc) is 2.99. The Balaban J connectivity index is 1.81. The Morgan fingerprint density at radius 1 is 1.29 bits per heavy atom. The molecule has 0 aliphatic rings.